The van der Waals surface area contributed by atoms with Gasteiger partial charge in [0.1, 0.15) is 23.8 Å². The number of carboxylic acids is 1. The minimum absolute atomic E-state index is 0.0782. The fourth-order valence-corrected chi connectivity index (χ4v) is 3.97. The number of carbonyl (C=O) groups is 4. The summed E-state index contributed by atoms with van der Waals surface area (Å²) in [5.74, 6) is -3.16. The van der Waals surface area contributed by atoms with Gasteiger partial charge in [0.25, 0.3) is 5.91 Å². The molecule has 0 spiro atoms. The standard InChI is InChI=1S/C22H33N5O5/c1-6-14-7-10-27(18(14)22(31)32)21(30)17(13(4)5)26-20(29)16(12(2)3)25-19(28)15-11-23-8-9-24-15/h8-9,11-14,16-18H,6-7,10H2,1-5H3,(H,25,28)(H,26,29)(H,31,32)/t14?,16-,17-,18-/m0/s1. The van der Waals surface area contributed by atoms with Gasteiger partial charge in [-0.3, -0.25) is 19.4 Å². The molecule has 1 fully saturated rings. The first-order valence-corrected chi connectivity index (χ1v) is 11.0. The lowest BCUT2D eigenvalue weighted by molar-refractivity contribution is -0.151. The van der Waals surface area contributed by atoms with Crippen LogP contribution in [-0.2, 0) is 14.4 Å². The van der Waals surface area contributed by atoms with Gasteiger partial charge in [0, 0.05) is 18.9 Å². The third-order valence-electron chi connectivity index (χ3n) is 5.85. The lowest BCUT2D eigenvalue weighted by Crippen LogP contribution is -2.58. The SMILES string of the molecule is CCC1CCN(C(=O)[C@@H](NC(=O)[C@@H](NC(=O)c2cnccn2)C(C)C)C(C)C)[C@@H]1C(=O)O. The molecule has 1 aromatic rings. The second kappa shape index (κ2) is 11.0. The van der Waals surface area contributed by atoms with E-state index in [1.807, 2.05) is 6.92 Å². The quantitative estimate of drug-likeness (QED) is 0.514. The Hall–Kier alpha value is -3.04. The highest BCUT2D eigenvalue weighted by Crippen LogP contribution is 2.28. The van der Waals surface area contributed by atoms with Crippen molar-refractivity contribution in [3.63, 3.8) is 0 Å². The van der Waals surface area contributed by atoms with Gasteiger partial charge in [-0.25, -0.2) is 9.78 Å². The van der Waals surface area contributed by atoms with E-state index in [9.17, 15) is 24.3 Å². The Morgan fingerprint density at radius 1 is 1.09 bits per heavy atom. The molecular formula is C22H33N5O5. The van der Waals surface area contributed by atoms with Crippen LogP contribution in [-0.4, -0.2) is 68.3 Å². The number of hydrogen-bond acceptors (Lipinski definition) is 6. The van der Waals surface area contributed by atoms with Gasteiger partial charge in [0.2, 0.25) is 11.8 Å². The van der Waals surface area contributed by atoms with Crippen molar-refractivity contribution in [1.82, 2.24) is 25.5 Å². The molecule has 1 unspecified atom stereocenters. The second-order valence-electron chi connectivity index (χ2n) is 8.79. The Kier molecular flexibility index (Phi) is 8.68. The van der Waals surface area contributed by atoms with Crippen molar-refractivity contribution < 1.29 is 24.3 Å². The van der Waals surface area contributed by atoms with E-state index in [-0.39, 0.29) is 23.4 Å². The Bertz CT molecular complexity index is 829. The fourth-order valence-electron chi connectivity index (χ4n) is 3.97. The average Bonchev–Trinajstić information content (AvgIpc) is 3.19. The van der Waals surface area contributed by atoms with Gasteiger partial charge in [0.15, 0.2) is 0 Å². The molecule has 3 amide bonds. The van der Waals surface area contributed by atoms with Crippen molar-refractivity contribution in [1.29, 1.82) is 0 Å². The van der Waals surface area contributed by atoms with E-state index >= 15 is 0 Å². The second-order valence-corrected chi connectivity index (χ2v) is 8.79. The van der Waals surface area contributed by atoms with Crippen molar-refractivity contribution >= 4 is 23.7 Å². The molecule has 0 radical (unpaired) electrons. The molecule has 176 valence electrons. The number of amides is 3. The number of nitrogens with zero attached hydrogens (tertiary/aromatic N) is 3. The van der Waals surface area contributed by atoms with E-state index < -0.39 is 41.8 Å². The van der Waals surface area contributed by atoms with Crippen LogP contribution in [0.5, 0.6) is 0 Å². The minimum atomic E-state index is -1.03. The molecule has 4 atom stereocenters. The number of aliphatic carboxylic acids is 1. The maximum Gasteiger partial charge on any atom is 0.326 e. The molecule has 10 nitrogen and oxygen atoms in total. The Morgan fingerprint density at radius 3 is 2.25 bits per heavy atom. The van der Waals surface area contributed by atoms with Crippen molar-refractivity contribution in [2.24, 2.45) is 17.8 Å². The predicted octanol–water partition coefficient (Wildman–Crippen LogP) is 1.08. The van der Waals surface area contributed by atoms with Crippen LogP contribution in [0.25, 0.3) is 0 Å². The number of hydrogen-bond donors (Lipinski definition) is 3. The molecule has 1 aliphatic rings. The predicted molar refractivity (Wildman–Crippen MR) is 116 cm³/mol. The Morgan fingerprint density at radius 2 is 1.75 bits per heavy atom. The topological polar surface area (TPSA) is 142 Å². The van der Waals surface area contributed by atoms with Crippen molar-refractivity contribution in [2.45, 2.75) is 65.6 Å². The first-order chi connectivity index (χ1) is 15.1. The van der Waals surface area contributed by atoms with Crippen LogP contribution in [0.4, 0.5) is 0 Å². The maximum absolute atomic E-state index is 13.3. The van der Waals surface area contributed by atoms with E-state index in [1.54, 1.807) is 27.7 Å². The Labute approximate surface area is 188 Å². The zero-order chi connectivity index (χ0) is 24.0. The first kappa shape index (κ1) is 25.2. The largest absolute Gasteiger partial charge is 0.480 e. The van der Waals surface area contributed by atoms with Gasteiger partial charge in [-0.15, -0.1) is 0 Å². The molecule has 10 heteroatoms. The number of nitrogens with one attached hydrogen (secondary N) is 2. The van der Waals surface area contributed by atoms with Crippen LogP contribution in [0.1, 0.15) is 57.9 Å². The van der Waals surface area contributed by atoms with Crippen molar-refractivity contribution in [3.05, 3.63) is 24.3 Å². The molecule has 2 heterocycles. The van der Waals surface area contributed by atoms with Gasteiger partial charge in [-0.2, -0.15) is 0 Å². The molecule has 32 heavy (non-hydrogen) atoms. The Balaban J connectivity index is 2.17. The number of likely N-dealkylation sites (tertiary alicyclic amines) is 1. The molecular weight excluding hydrogens is 414 g/mol. The summed E-state index contributed by atoms with van der Waals surface area (Å²) in [7, 11) is 0. The summed E-state index contributed by atoms with van der Waals surface area (Å²) >= 11 is 0. The van der Waals surface area contributed by atoms with E-state index in [0.29, 0.717) is 19.4 Å². The highest BCUT2D eigenvalue weighted by atomic mass is 16.4. The van der Waals surface area contributed by atoms with Gasteiger partial charge in [-0.1, -0.05) is 41.0 Å². The van der Waals surface area contributed by atoms with Crippen molar-refractivity contribution in [2.75, 3.05) is 6.54 Å². The summed E-state index contributed by atoms with van der Waals surface area (Å²) in [5, 5.41) is 15.1. The molecule has 2 rings (SSSR count). The molecule has 0 aromatic carbocycles. The molecule has 1 aromatic heterocycles. The summed E-state index contributed by atoms with van der Waals surface area (Å²) < 4.78 is 0. The normalized spacial score (nSPS) is 20.2. The van der Waals surface area contributed by atoms with Gasteiger partial charge < -0.3 is 20.6 Å². The zero-order valence-electron chi connectivity index (χ0n) is 19.2. The molecule has 3 N–H and O–H groups in total. The molecule has 0 aliphatic carbocycles. The minimum Gasteiger partial charge on any atom is -0.480 e. The monoisotopic (exact) mass is 447 g/mol. The summed E-state index contributed by atoms with van der Waals surface area (Å²) in [6, 6.07) is -2.71. The summed E-state index contributed by atoms with van der Waals surface area (Å²) in [4.78, 5) is 59.8. The maximum atomic E-state index is 13.3. The lowest BCUT2D eigenvalue weighted by Gasteiger charge is -2.32. The highest BCUT2D eigenvalue weighted by molar-refractivity contribution is 5.97. The van der Waals surface area contributed by atoms with Crippen LogP contribution in [0.3, 0.4) is 0 Å². The fraction of sp³-hybridized carbons (Fsp3) is 0.636. The summed E-state index contributed by atoms with van der Waals surface area (Å²) in [5.41, 5.74) is 0.0782. The zero-order valence-corrected chi connectivity index (χ0v) is 19.2. The molecule has 0 saturated carbocycles. The van der Waals surface area contributed by atoms with Gasteiger partial charge in [-0.05, 0) is 24.2 Å². The third-order valence-corrected chi connectivity index (χ3v) is 5.85. The average molecular weight is 448 g/mol. The number of carboxylic acid groups (broad SMARTS) is 1. The van der Waals surface area contributed by atoms with Crippen molar-refractivity contribution in [3.8, 4) is 0 Å². The van der Waals surface area contributed by atoms with Crippen LogP contribution >= 0.6 is 0 Å². The van der Waals surface area contributed by atoms with Gasteiger partial charge >= 0.3 is 5.97 Å². The van der Waals surface area contributed by atoms with Crippen LogP contribution < -0.4 is 10.6 Å². The summed E-state index contributed by atoms with van der Waals surface area (Å²) in [6.07, 6.45) is 5.39. The first-order valence-electron chi connectivity index (χ1n) is 11.0. The number of carbonyl (C=O) groups excluding carboxylic acids is 3. The molecule has 1 aliphatic heterocycles. The number of aromatic nitrogens is 2. The van der Waals surface area contributed by atoms with Crippen LogP contribution in [0, 0.1) is 17.8 Å². The molecule has 1 saturated heterocycles. The van der Waals surface area contributed by atoms with E-state index in [2.05, 4.69) is 20.6 Å². The van der Waals surface area contributed by atoms with E-state index in [0.717, 1.165) is 0 Å². The van der Waals surface area contributed by atoms with Crippen LogP contribution in [0.2, 0.25) is 0 Å². The highest BCUT2D eigenvalue weighted by Gasteiger charge is 2.44. The van der Waals surface area contributed by atoms with Gasteiger partial charge in [0.05, 0.1) is 6.20 Å². The molecule has 0 bridgehead atoms. The lowest BCUT2D eigenvalue weighted by atomic mass is 9.96. The number of rotatable bonds is 9. The smallest absolute Gasteiger partial charge is 0.326 e. The van der Waals surface area contributed by atoms with E-state index in [1.165, 1.54) is 23.5 Å². The van der Waals surface area contributed by atoms with E-state index in [4.69, 9.17) is 0 Å². The third kappa shape index (κ3) is 5.80. The summed E-state index contributed by atoms with van der Waals surface area (Å²) in [6.45, 7) is 9.37. The van der Waals surface area contributed by atoms with Crippen LogP contribution in [0.15, 0.2) is 18.6 Å².